The fourth-order valence-corrected chi connectivity index (χ4v) is 3.14. The van der Waals surface area contributed by atoms with Gasteiger partial charge in [-0.15, -0.1) is 0 Å². The second-order valence-corrected chi connectivity index (χ2v) is 5.47. The van der Waals surface area contributed by atoms with Crippen LogP contribution in [0.2, 0.25) is 0 Å². The molecule has 0 unspecified atom stereocenters. The smallest absolute Gasteiger partial charge is 0.0131 e. The molecule has 1 nitrogen and oxygen atoms in total. The quantitative estimate of drug-likeness (QED) is 0.585. The normalized spacial score (nSPS) is 32.5. The lowest BCUT2D eigenvalue weighted by Gasteiger charge is -2.33. The van der Waals surface area contributed by atoms with Crippen LogP contribution in [0.15, 0.2) is 0 Å². The fraction of sp³-hybridized carbons (Fsp3) is 1.00. The van der Waals surface area contributed by atoms with E-state index in [0.717, 1.165) is 0 Å². The molecule has 1 spiro atoms. The lowest BCUT2D eigenvalue weighted by Crippen LogP contribution is -2.31. The molecule has 1 saturated carbocycles. The fourth-order valence-electron chi connectivity index (χ4n) is 3.14. The van der Waals surface area contributed by atoms with Gasteiger partial charge in [0.05, 0.1) is 0 Å². The molecule has 1 aliphatic carbocycles. The summed E-state index contributed by atoms with van der Waals surface area (Å²) in [4.78, 5) is 0. The van der Waals surface area contributed by atoms with Crippen LogP contribution in [0.25, 0.3) is 0 Å². The van der Waals surface area contributed by atoms with Gasteiger partial charge < -0.3 is 5.32 Å². The highest BCUT2D eigenvalue weighted by atomic mass is 15.0. The summed E-state index contributed by atoms with van der Waals surface area (Å²) in [5.74, 6) is 0. The standard InChI is InChI=1S/C11H21N/c1-10(2)8-11(9-12-10)6-4-3-5-7-11/h12H,3-9H2,1-2H3. The number of nitrogens with one attached hydrogen (secondary N) is 1. The van der Waals surface area contributed by atoms with Crippen molar-refractivity contribution in [3.63, 3.8) is 0 Å². The Labute approximate surface area is 75.9 Å². The zero-order valence-corrected chi connectivity index (χ0v) is 8.45. The van der Waals surface area contributed by atoms with Crippen LogP contribution in [0.4, 0.5) is 0 Å². The third-order valence-corrected chi connectivity index (χ3v) is 3.67. The zero-order chi connectivity index (χ0) is 8.66. The van der Waals surface area contributed by atoms with E-state index in [2.05, 4.69) is 19.2 Å². The largest absolute Gasteiger partial charge is 0.311 e. The molecule has 0 aromatic heterocycles. The van der Waals surface area contributed by atoms with Crippen LogP contribution in [0.5, 0.6) is 0 Å². The van der Waals surface area contributed by atoms with E-state index in [4.69, 9.17) is 0 Å². The van der Waals surface area contributed by atoms with E-state index >= 15 is 0 Å². The Kier molecular flexibility index (Phi) is 1.95. The van der Waals surface area contributed by atoms with Gasteiger partial charge >= 0.3 is 0 Å². The first kappa shape index (κ1) is 8.55. The number of rotatable bonds is 0. The molecule has 1 aliphatic heterocycles. The van der Waals surface area contributed by atoms with E-state index in [-0.39, 0.29) is 0 Å². The summed E-state index contributed by atoms with van der Waals surface area (Å²) in [5.41, 5.74) is 1.11. The van der Waals surface area contributed by atoms with E-state index in [9.17, 15) is 0 Å². The molecule has 1 heterocycles. The van der Waals surface area contributed by atoms with E-state index in [1.807, 2.05) is 0 Å². The Morgan fingerprint density at radius 1 is 1.00 bits per heavy atom. The van der Waals surface area contributed by atoms with Crippen molar-refractivity contribution < 1.29 is 0 Å². The van der Waals surface area contributed by atoms with Crippen LogP contribution < -0.4 is 5.32 Å². The predicted octanol–water partition coefficient (Wildman–Crippen LogP) is 2.71. The van der Waals surface area contributed by atoms with Gasteiger partial charge in [-0.05, 0) is 38.5 Å². The molecular weight excluding hydrogens is 146 g/mol. The first-order valence-electron chi connectivity index (χ1n) is 5.37. The SMILES string of the molecule is CC1(C)CC2(CCCCC2)CN1. The maximum atomic E-state index is 3.66. The third-order valence-electron chi connectivity index (χ3n) is 3.67. The van der Waals surface area contributed by atoms with E-state index in [0.29, 0.717) is 11.0 Å². The van der Waals surface area contributed by atoms with Gasteiger partial charge in [0, 0.05) is 12.1 Å². The van der Waals surface area contributed by atoms with Crippen molar-refractivity contribution in [2.45, 2.75) is 57.9 Å². The van der Waals surface area contributed by atoms with Crippen LogP contribution in [-0.4, -0.2) is 12.1 Å². The third kappa shape index (κ3) is 1.52. The summed E-state index contributed by atoms with van der Waals surface area (Å²) < 4.78 is 0. The van der Waals surface area contributed by atoms with Crippen LogP contribution >= 0.6 is 0 Å². The van der Waals surface area contributed by atoms with Crippen LogP contribution in [0, 0.1) is 5.41 Å². The summed E-state index contributed by atoms with van der Waals surface area (Å²) in [6, 6.07) is 0. The highest BCUT2D eigenvalue weighted by Gasteiger charge is 2.42. The molecule has 2 rings (SSSR count). The molecule has 0 aromatic rings. The Morgan fingerprint density at radius 3 is 2.17 bits per heavy atom. The molecule has 1 saturated heterocycles. The minimum absolute atomic E-state index is 0.414. The van der Waals surface area contributed by atoms with Gasteiger partial charge in [-0.1, -0.05) is 19.3 Å². The number of hydrogen-bond acceptors (Lipinski definition) is 1. The summed E-state index contributed by atoms with van der Waals surface area (Å²) in [5, 5.41) is 3.66. The molecule has 0 bridgehead atoms. The summed E-state index contributed by atoms with van der Waals surface area (Å²) >= 11 is 0. The van der Waals surface area contributed by atoms with E-state index < -0.39 is 0 Å². The summed E-state index contributed by atoms with van der Waals surface area (Å²) in [6.45, 7) is 5.96. The monoisotopic (exact) mass is 167 g/mol. The van der Waals surface area contributed by atoms with E-state index in [1.165, 1.54) is 45.1 Å². The van der Waals surface area contributed by atoms with Gasteiger partial charge in [0.2, 0.25) is 0 Å². The average Bonchev–Trinajstić information content (AvgIpc) is 2.29. The molecule has 1 heteroatoms. The molecule has 2 aliphatic rings. The zero-order valence-electron chi connectivity index (χ0n) is 8.45. The molecule has 12 heavy (non-hydrogen) atoms. The molecule has 2 fully saturated rings. The highest BCUT2D eigenvalue weighted by molar-refractivity contribution is 4.99. The van der Waals surface area contributed by atoms with Gasteiger partial charge in [0.15, 0.2) is 0 Å². The Morgan fingerprint density at radius 2 is 1.67 bits per heavy atom. The van der Waals surface area contributed by atoms with Gasteiger partial charge in [0.1, 0.15) is 0 Å². The maximum absolute atomic E-state index is 3.66. The molecule has 0 amide bonds. The second kappa shape index (κ2) is 2.73. The first-order chi connectivity index (χ1) is 5.62. The van der Waals surface area contributed by atoms with Crippen LogP contribution in [0.1, 0.15) is 52.4 Å². The molecule has 70 valence electrons. The van der Waals surface area contributed by atoms with Crippen molar-refractivity contribution in [2.75, 3.05) is 6.54 Å². The molecule has 0 aromatic carbocycles. The van der Waals surface area contributed by atoms with Crippen molar-refractivity contribution in [3.05, 3.63) is 0 Å². The van der Waals surface area contributed by atoms with Crippen molar-refractivity contribution >= 4 is 0 Å². The topological polar surface area (TPSA) is 12.0 Å². The van der Waals surface area contributed by atoms with Gasteiger partial charge in [0.25, 0.3) is 0 Å². The predicted molar refractivity (Wildman–Crippen MR) is 52.2 cm³/mol. The molecule has 0 radical (unpaired) electrons. The average molecular weight is 167 g/mol. The second-order valence-electron chi connectivity index (χ2n) is 5.47. The lowest BCUT2D eigenvalue weighted by atomic mass is 9.71. The summed E-state index contributed by atoms with van der Waals surface area (Å²) in [7, 11) is 0. The Balaban J connectivity index is 2.03. The summed E-state index contributed by atoms with van der Waals surface area (Å²) in [6.07, 6.45) is 8.77. The Hall–Kier alpha value is -0.0400. The van der Waals surface area contributed by atoms with Crippen LogP contribution in [-0.2, 0) is 0 Å². The maximum Gasteiger partial charge on any atom is 0.0131 e. The molecular formula is C11H21N. The highest BCUT2D eigenvalue weighted by Crippen LogP contribution is 2.45. The number of hydrogen-bond donors (Lipinski definition) is 1. The van der Waals surface area contributed by atoms with E-state index in [1.54, 1.807) is 0 Å². The van der Waals surface area contributed by atoms with Crippen molar-refractivity contribution in [1.82, 2.24) is 5.32 Å². The lowest BCUT2D eigenvalue weighted by molar-refractivity contribution is 0.204. The minimum Gasteiger partial charge on any atom is -0.311 e. The molecule has 1 N–H and O–H groups in total. The van der Waals surface area contributed by atoms with Gasteiger partial charge in [-0.2, -0.15) is 0 Å². The van der Waals surface area contributed by atoms with Gasteiger partial charge in [-0.25, -0.2) is 0 Å². The van der Waals surface area contributed by atoms with Crippen LogP contribution in [0.3, 0.4) is 0 Å². The minimum atomic E-state index is 0.414. The van der Waals surface area contributed by atoms with Gasteiger partial charge in [-0.3, -0.25) is 0 Å². The van der Waals surface area contributed by atoms with Crippen molar-refractivity contribution in [2.24, 2.45) is 5.41 Å². The Bertz CT molecular complexity index is 166. The van der Waals surface area contributed by atoms with Crippen molar-refractivity contribution in [3.8, 4) is 0 Å². The molecule has 0 atom stereocenters. The van der Waals surface area contributed by atoms with Crippen molar-refractivity contribution in [1.29, 1.82) is 0 Å². The first-order valence-corrected chi connectivity index (χ1v) is 5.37.